The van der Waals surface area contributed by atoms with Crippen LogP contribution in [0.1, 0.15) is 20.7 Å². The van der Waals surface area contributed by atoms with E-state index in [1.54, 1.807) is 0 Å². The zero-order valence-electron chi connectivity index (χ0n) is 15.2. The van der Waals surface area contributed by atoms with Crippen LogP contribution in [-0.4, -0.2) is 51.3 Å². The second-order valence-electron chi connectivity index (χ2n) is 5.36. The summed E-state index contributed by atoms with van der Waals surface area (Å²) in [6, 6.07) is 6.51. The van der Waals surface area contributed by atoms with Crippen LogP contribution in [0.2, 0.25) is 0 Å². The van der Waals surface area contributed by atoms with Crippen LogP contribution in [0.25, 0.3) is 0 Å². The molecule has 27 heavy (non-hydrogen) atoms. The third kappa shape index (κ3) is 3.79. The van der Waals surface area contributed by atoms with Gasteiger partial charge in [0, 0.05) is 5.56 Å². The monoisotopic (exact) mass is 378 g/mol. The number of carbonyl (C=O) groups is 2. The van der Waals surface area contributed by atoms with Crippen molar-refractivity contribution in [3.63, 3.8) is 0 Å². The van der Waals surface area contributed by atoms with E-state index in [0.717, 1.165) is 6.07 Å². The highest BCUT2D eigenvalue weighted by Crippen LogP contribution is 2.39. The lowest BCUT2D eigenvalue weighted by atomic mass is 9.98. The predicted octanol–water partition coefficient (Wildman–Crippen LogP) is 2.83. The van der Waals surface area contributed by atoms with Gasteiger partial charge < -0.3 is 24.1 Å². The van der Waals surface area contributed by atoms with Gasteiger partial charge in [0.05, 0.1) is 34.0 Å². The Bertz CT molecular complexity index is 863. The quantitative estimate of drug-likeness (QED) is 0.558. The van der Waals surface area contributed by atoms with Crippen LogP contribution < -0.4 is 18.9 Å². The second kappa shape index (κ2) is 8.39. The molecule has 1 N–H and O–H groups in total. The average Bonchev–Trinajstić information content (AvgIpc) is 2.71. The van der Waals surface area contributed by atoms with Gasteiger partial charge in [0.15, 0.2) is 23.0 Å². The van der Waals surface area contributed by atoms with Crippen molar-refractivity contribution in [3.8, 4) is 28.7 Å². The van der Waals surface area contributed by atoms with Gasteiger partial charge in [-0.25, -0.2) is 4.39 Å². The number of hydrogen-bond acceptors (Lipinski definition) is 7. The molecule has 0 saturated carbocycles. The van der Waals surface area contributed by atoms with Crippen LogP contribution in [0.4, 0.5) is 4.39 Å². The molecule has 0 spiro atoms. The number of rotatable bonds is 8. The van der Waals surface area contributed by atoms with Crippen molar-refractivity contribution >= 4 is 11.6 Å². The highest BCUT2D eigenvalue weighted by atomic mass is 19.1. The topological polar surface area (TPSA) is 91.3 Å². The molecule has 7 nitrogen and oxygen atoms in total. The van der Waals surface area contributed by atoms with Gasteiger partial charge in [0.2, 0.25) is 23.5 Å². The minimum atomic E-state index is -2.52. The summed E-state index contributed by atoms with van der Waals surface area (Å²) in [4.78, 5) is 24.8. The third-order valence-corrected chi connectivity index (χ3v) is 3.91. The maximum Gasteiger partial charge on any atom is 0.225 e. The molecule has 0 bridgehead atoms. The molecule has 0 saturated heterocycles. The number of phenols is 1. The molecule has 2 rings (SSSR count). The Balaban J connectivity index is 2.36. The first-order valence-electron chi connectivity index (χ1n) is 7.78. The molecule has 1 atom stereocenters. The number of hydrogen-bond donors (Lipinski definition) is 1. The zero-order chi connectivity index (χ0) is 20.1. The largest absolute Gasteiger partial charge is 0.504 e. The summed E-state index contributed by atoms with van der Waals surface area (Å²) in [6.45, 7) is 0. The highest BCUT2D eigenvalue weighted by molar-refractivity contribution is 6.19. The number of Topliss-reactive ketones (excluding diaryl/α,β-unsaturated/α-hetero) is 2. The number of ketones is 2. The van der Waals surface area contributed by atoms with Crippen LogP contribution >= 0.6 is 0 Å². The van der Waals surface area contributed by atoms with E-state index in [1.165, 1.54) is 52.7 Å². The van der Waals surface area contributed by atoms with Crippen LogP contribution in [0.15, 0.2) is 30.3 Å². The first kappa shape index (κ1) is 20.0. The molecule has 0 aliphatic rings. The first-order valence-corrected chi connectivity index (χ1v) is 7.78. The van der Waals surface area contributed by atoms with E-state index in [0.29, 0.717) is 5.75 Å². The van der Waals surface area contributed by atoms with E-state index in [9.17, 15) is 19.1 Å². The molecule has 0 radical (unpaired) electrons. The van der Waals surface area contributed by atoms with Gasteiger partial charge in [-0.3, -0.25) is 9.59 Å². The maximum absolute atomic E-state index is 14.6. The van der Waals surface area contributed by atoms with Crippen molar-refractivity contribution in [1.82, 2.24) is 0 Å². The van der Waals surface area contributed by atoms with Gasteiger partial charge in [-0.15, -0.1) is 0 Å². The standard InChI is InChI=1S/C19H19FO7/c1-24-12-7-5-10(9-14(12)26-3)16(21)15(20)17(22)11-6-8-13(25-2)19(27-4)18(11)23/h5-9,15,23H,1-4H3. The minimum Gasteiger partial charge on any atom is -0.504 e. The van der Waals surface area contributed by atoms with Crippen molar-refractivity contribution in [2.24, 2.45) is 0 Å². The molecule has 0 aliphatic carbocycles. The lowest BCUT2D eigenvalue weighted by Crippen LogP contribution is -2.26. The van der Waals surface area contributed by atoms with E-state index in [2.05, 4.69) is 0 Å². The van der Waals surface area contributed by atoms with Crippen LogP contribution in [0.5, 0.6) is 28.7 Å². The van der Waals surface area contributed by atoms with Crippen LogP contribution in [0, 0.1) is 0 Å². The van der Waals surface area contributed by atoms with E-state index in [4.69, 9.17) is 18.9 Å². The van der Waals surface area contributed by atoms with Crippen molar-refractivity contribution in [1.29, 1.82) is 0 Å². The van der Waals surface area contributed by atoms with Crippen LogP contribution in [0.3, 0.4) is 0 Å². The van der Waals surface area contributed by atoms with Gasteiger partial charge in [0.1, 0.15) is 0 Å². The fourth-order valence-corrected chi connectivity index (χ4v) is 2.50. The second-order valence-corrected chi connectivity index (χ2v) is 5.36. The molecule has 2 aromatic rings. The molecule has 8 heteroatoms. The Morgan fingerprint density at radius 1 is 0.852 bits per heavy atom. The van der Waals surface area contributed by atoms with Crippen molar-refractivity contribution in [2.45, 2.75) is 6.17 Å². The number of phenolic OH excluding ortho intramolecular Hbond substituents is 1. The summed E-state index contributed by atoms with van der Waals surface area (Å²) in [7, 11) is 5.39. The number of methoxy groups -OCH3 is 4. The number of benzene rings is 2. The molecule has 0 fully saturated rings. The Labute approximate surface area is 155 Å². The van der Waals surface area contributed by atoms with E-state index < -0.39 is 29.1 Å². The normalized spacial score (nSPS) is 11.4. The summed E-state index contributed by atoms with van der Waals surface area (Å²) in [6.07, 6.45) is -2.52. The van der Waals surface area contributed by atoms with E-state index in [-0.39, 0.29) is 22.8 Å². The maximum atomic E-state index is 14.6. The summed E-state index contributed by atoms with van der Waals surface area (Å²) in [5.41, 5.74) is -0.470. The molecule has 0 amide bonds. The number of aromatic hydroxyl groups is 1. The summed E-state index contributed by atoms with van der Waals surface area (Å²) in [5.74, 6) is -2.28. The van der Waals surface area contributed by atoms with Crippen molar-refractivity contribution < 1.29 is 38.0 Å². The minimum absolute atomic E-state index is 0.0755. The van der Waals surface area contributed by atoms with E-state index >= 15 is 0 Å². The number of ether oxygens (including phenoxy) is 4. The first-order chi connectivity index (χ1) is 12.9. The SMILES string of the molecule is COc1ccc(C(=O)C(F)C(=O)c2ccc(OC)c(OC)c2O)cc1OC. The van der Waals surface area contributed by atoms with Gasteiger partial charge in [-0.2, -0.15) is 0 Å². The Morgan fingerprint density at radius 3 is 2.00 bits per heavy atom. The number of halogens is 1. The van der Waals surface area contributed by atoms with Crippen molar-refractivity contribution in [3.05, 3.63) is 41.5 Å². The lowest BCUT2D eigenvalue weighted by molar-refractivity contribution is 0.0756. The zero-order valence-corrected chi connectivity index (χ0v) is 15.2. The summed E-state index contributed by atoms with van der Waals surface area (Å²) in [5, 5.41) is 10.2. The third-order valence-electron chi connectivity index (χ3n) is 3.91. The van der Waals surface area contributed by atoms with E-state index in [1.807, 2.05) is 0 Å². The van der Waals surface area contributed by atoms with Gasteiger partial charge in [-0.05, 0) is 30.3 Å². The highest BCUT2D eigenvalue weighted by Gasteiger charge is 2.32. The van der Waals surface area contributed by atoms with Crippen molar-refractivity contribution in [2.75, 3.05) is 28.4 Å². The smallest absolute Gasteiger partial charge is 0.225 e. The fraction of sp³-hybridized carbons (Fsp3) is 0.263. The predicted molar refractivity (Wildman–Crippen MR) is 94.3 cm³/mol. The Kier molecular flexibility index (Phi) is 6.23. The number of alkyl halides is 1. The summed E-state index contributed by atoms with van der Waals surface area (Å²) < 4.78 is 34.7. The van der Waals surface area contributed by atoms with Gasteiger partial charge >= 0.3 is 0 Å². The summed E-state index contributed by atoms with van der Waals surface area (Å²) >= 11 is 0. The molecule has 1 unspecified atom stereocenters. The molecule has 0 heterocycles. The molecule has 144 valence electrons. The number of carbonyl (C=O) groups excluding carboxylic acids is 2. The average molecular weight is 378 g/mol. The lowest BCUT2D eigenvalue weighted by Gasteiger charge is -2.14. The fourth-order valence-electron chi connectivity index (χ4n) is 2.50. The molecular formula is C19H19FO7. The molecule has 0 aliphatic heterocycles. The van der Waals surface area contributed by atoms with Gasteiger partial charge in [0.25, 0.3) is 0 Å². The molecule has 2 aromatic carbocycles. The van der Waals surface area contributed by atoms with Crippen LogP contribution in [-0.2, 0) is 0 Å². The molecular weight excluding hydrogens is 359 g/mol. The Morgan fingerprint density at radius 2 is 1.44 bits per heavy atom. The Hall–Kier alpha value is -3.29. The molecule has 0 aromatic heterocycles. The van der Waals surface area contributed by atoms with Gasteiger partial charge in [-0.1, -0.05) is 0 Å².